The summed E-state index contributed by atoms with van der Waals surface area (Å²) in [7, 11) is 0. The first-order valence-electron chi connectivity index (χ1n) is 7.05. The Morgan fingerprint density at radius 2 is 2.20 bits per heavy atom. The number of nitrogens with zero attached hydrogens (tertiary/aromatic N) is 1. The van der Waals surface area contributed by atoms with E-state index in [-0.39, 0.29) is 17.9 Å². The Bertz CT molecular complexity index is 472. The normalized spacial score (nSPS) is 27.2. The highest BCUT2D eigenvalue weighted by Crippen LogP contribution is 2.36. The van der Waals surface area contributed by atoms with Crippen molar-refractivity contribution in [1.29, 1.82) is 0 Å². The molecule has 1 heterocycles. The van der Waals surface area contributed by atoms with E-state index < -0.39 is 17.8 Å². The summed E-state index contributed by atoms with van der Waals surface area (Å²) in [5.74, 6) is -1.08. The van der Waals surface area contributed by atoms with Crippen LogP contribution in [0.5, 0.6) is 0 Å². The van der Waals surface area contributed by atoms with Gasteiger partial charge in [-0.1, -0.05) is 13.8 Å². The number of hydrogen-bond donors (Lipinski definition) is 3. The van der Waals surface area contributed by atoms with Crippen LogP contribution in [0, 0.1) is 17.8 Å². The largest absolute Gasteiger partial charge is 0.481 e. The van der Waals surface area contributed by atoms with E-state index in [0.717, 1.165) is 0 Å². The molecule has 1 saturated carbocycles. The Hall–Kier alpha value is -1.85. The molecule has 1 amide bonds. The lowest BCUT2D eigenvalue weighted by atomic mass is 9.95. The maximum atomic E-state index is 12.4. The molecule has 0 aromatic carbocycles. The zero-order chi connectivity index (χ0) is 14.7. The molecule has 4 atom stereocenters. The van der Waals surface area contributed by atoms with Gasteiger partial charge in [0.05, 0.1) is 17.9 Å². The highest BCUT2D eigenvalue weighted by atomic mass is 16.4. The van der Waals surface area contributed by atoms with Gasteiger partial charge in [0.1, 0.15) is 5.82 Å². The molecule has 0 aliphatic heterocycles. The van der Waals surface area contributed by atoms with Crippen molar-refractivity contribution >= 4 is 11.9 Å². The van der Waals surface area contributed by atoms with Crippen LogP contribution in [-0.2, 0) is 9.59 Å². The first-order valence-corrected chi connectivity index (χ1v) is 7.05. The number of nitrogens with one attached hydrogen (secondary N) is 2. The zero-order valence-electron chi connectivity index (χ0n) is 11.8. The van der Waals surface area contributed by atoms with Crippen LogP contribution in [-0.4, -0.2) is 27.0 Å². The molecule has 2 unspecified atom stereocenters. The lowest BCUT2D eigenvalue weighted by molar-refractivity contribution is -0.146. The summed E-state index contributed by atoms with van der Waals surface area (Å²) in [4.78, 5) is 30.7. The summed E-state index contributed by atoms with van der Waals surface area (Å²) in [6.45, 7) is 3.95. The predicted molar refractivity (Wildman–Crippen MR) is 72.8 cm³/mol. The summed E-state index contributed by atoms with van der Waals surface area (Å²) >= 11 is 0. The minimum Gasteiger partial charge on any atom is -0.481 e. The number of carbonyl (C=O) groups excluding carboxylic acids is 1. The molecular weight excluding hydrogens is 258 g/mol. The van der Waals surface area contributed by atoms with E-state index in [4.69, 9.17) is 0 Å². The van der Waals surface area contributed by atoms with Crippen LogP contribution in [0.4, 0.5) is 0 Å². The fraction of sp³-hybridized carbons (Fsp3) is 0.643. The molecule has 0 bridgehead atoms. The van der Waals surface area contributed by atoms with Crippen molar-refractivity contribution in [2.75, 3.05) is 0 Å². The highest BCUT2D eigenvalue weighted by Gasteiger charge is 2.41. The quantitative estimate of drug-likeness (QED) is 0.764. The first kappa shape index (κ1) is 14.6. The van der Waals surface area contributed by atoms with Crippen molar-refractivity contribution in [1.82, 2.24) is 15.3 Å². The van der Waals surface area contributed by atoms with Crippen LogP contribution in [0.15, 0.2) is 12.4 Å². The van der Waals surface area contributed by atoms with E-state index in [0.29, 0.717) is 25.1 Å². The van der Waals surface area contributed by atoms with Crippen molar-refractivity contribution in [2.45, 2.75) is 39.2 Å². The van der Waals surface area contributed by atoms with Crippen LogP contribution >= 0.6 is 0 Å². The molecule has 2 rings (SSSR count). The lowest BCUT2D eigenvalue weighted by Gasteiger charge is -2.20. The topological polar surface area (TPSA) is 95.1 Å². The van der Waals surface area contributed by atoms with Crippen LogP contribution in [0.2, 0.25) is 0 Å². The Balaban J connectivity index is 2.05. The maximum Gasteiger partial charge on any atom is 0.307 e. The van der Waals surface area contributed by atoms with Crippen LogP contribution < -0.4 is 5.32 Å². The lowest BCUT2D eigenvalue weighted by Crippen LogP contribution is -2.37. The number of carboxylic acids is 1. The fourth-order valence-electron chi connectivity index (χ4n) is 2.97. The molecule has 20 heavy (non-hydrogen) atoms. The Labute approximate surface area is 118 Å². The highest BCUT2D eigenvalue weighted by molar-refractivity contribution is 5.85. The Morgan fingerprint density at radius 3 is 2.75 bits per heavy atom. The zero-order valence-corrected chi connectivity index (χ0v) is 11.8. The average Bonchev–Trinajstić information content (AvgIpc) is 3.04. The van der Waals surface area contributed by atoms with Gasteiger partial charge in [0.2, 0.25) is 5.91 Å². The number of amides is 1. The van der Waals surface area contributed by atoms with Crippen molar-refractivity contribution in [3.8, 4) is 0 Å². The molecular formula is C14H21N3O3. The molecule has 1 aromatic heterocycles. The number of hydrogen-bond acceptors (Lipinski definition) is 3. The van der Waals surface area contributed by atoms with E-state index >= 15 is 0 Å². The van der Waals surface area contributed by atoms with Gasteiger partial charge < -0.3 is 15.4 Å². The number of imidazole rings is 1. The number of aromatic nitrogens is 2. The smallest absolute Gasteiger partial charge is 0.307 e. The summed E-state index contributed by atoms with van der Waals surface area (Å²) in [5.41, 5.74) is 0. The van der Waals surface area contributed by atoms with Crippen molar-refractivity contribution in [3.05, 3.63) is 18.2 Å². The van der Waals surface area contributed by atoms with E-state index in [1.165, 1.54) is 0 Å². The number of aliphatic carboxylic acids is 1. The standard InChI is InChI=1S/C14H21N3O3/c1-3-11(12-15-4-5-16-12)17-13(18)9-6-8(2)7-10(9)14(19)20/h4-5,8-11H,3,6-7H2,1-2H3,(H,15,16)(H,17,18)(H,19,20)/t8?,9-,10+,11?/m0/s1. The number of carbonyl (C=O) groups is 2. The minimum absolute atomic E-state index is 0.176. The van der Waals surface area contributed by atoms with Crippen LogP contribution in [0.25, 0.3) is 0 Å². The third kappa shape index (κ3) is 3.00. The predicted octanol–water partition coefficient (Wildman–Crippen LogP) is 1.72. The molecule has 6 nitrogen and oxygen atoms in total. The average molecular weight is 279 g/mol. The number of rotatable bonds is 5. The third-order valence-corrected chi connectivity index (χ3v) is 4.03. The maximum absolute atomic E-state index is 12.4. The van der Waals surface area contributed by atoms with Gasteiger partial charge in [-0.15, -0.1) is 0 Å². The molecule has 1 aliphatic carbocycles. The van der Waals surface area contributed by atoms with Crippen LogP contribution in [0.1, 0.15) is 45.0 Å². The summed E-state index contributed by atoms with van der Waals surface area (Å²) in [5, 5.41) is 12.1. The monoisotopic (exact) mass is 279 g/mol. The molecule has 0 radical (unpaired) electrons. The van der Waals surface area contributed by atoms with Crippen molar-refractivity contribution in [2.24, 2.45) is 17.8 Å². The Kier molecular flexibility index (Phi) is 4.42. The molecule has 3 N–H and O–H groups in total. The Morgan fingerprint density at radius 1 is 1.50 bits per heavy atom. The van der Waals surface area contributed by atoms with Crippen molar-refractivity contribution in [3.63, 3.8) is 0 Å². The van der Waals surface area contributed by atoms with E-state index in [1.807, 2.05) is 13.8 Å². The molecule has 0 spiro atoms. The molecule has 110 valence electrons. The second-order valence-corrected chi connectivity index (χ2v) is 5.57. The van der Waals surface area contributed by atoms with E-state index in [9.17, 15) is 14.7 Å². The molecule has 0 saturated heterocycles. The van der Waals surface area contributed by atoms with Crippen LogP contribution in [0.3, 0.4) is 0 Å². The second kappa shape index (κ2) is 6.07. The summed E-state index contributed by atoms with van der Waals surface area (Å²) in [6, 6.07) is -0.192. The first-order chi connectivity index (χ1) is 9.52. The third-order valence-electron chi connectivity index (χ3n) is 4.03. The van der Waals surface area contributed by atoms with Gasteiger partial charge in [0, 0.05) is 12.4 Å². The molecule has 1 aromatic rings. The summed E-state index contributed by atoms with van der Waals surface area (Å²) in [6.07, 6.45) is 5.27. The number of carboxylic acid groups (broad SMARTS) is 1. The van der Waals surface area contributed by atoms with Gasteiger partial charge >= 0.3 is 5.97 Å². The van der Waals surface area contributed by atoms with Gasteiger partial charge in [-0.2, -0.15) is 0 Å². The van der Waals surface area contributed by atoms with Gasteiger partial charge in [0.15, 0.2) is 0 Å². The van der Waals surface area contributed by atoms with Gasteiger partial charge in [-0.25, -0.2) is 4.98 Å². The van der Waals surface area contributed by atoms with Gasteiger partial charge in [-0.3, -0.25) is 9.59 Å². The molecule has 1 aliphatic rings. The van der Waals surface area contributed by atoms with Crippen molar-refractivity contribution < 1.29 is 14.7 Å². The molecule has 1 fully saturated rings. The second-order valence-electron chi connectivity index (χ2n) is 5.57. The van der Waals surface area contributed by atoms with Gasteiger partial charge in [-0.05, 0) is 25.2 Å². The fourth-order valence-corrected chi connectivity index (χ4v) is 2.97. The number of H-pyrrole nitrogens is 1. The SMILES string of the molecule is CCC(NC(=O)[C@H]1CC(C)C[C@H]1C(=O)O)c1ncc[nH]1. The molecule has 6 heteroatoms. The van der Waals surface area contributed by atoms with E-state index in [2.05, 4.69) is 15.3 Å². The van der Waals surface area contributed by atoms with Gasteiger partial charge in [0.25, 0.3) is 0 Å². The van der Waals surface area contributed by atoms with E-state index in [1.54, 1.807) is 12.4 Å². The minimum atomic E-state index is -0.874. The number of aromatic amines is 1. The summed E-state index contributed by atoms with van der Waals surface area (Å²) < 4.78 is 0.